The Balaban J connectivity index is 1.77. The van der Waals surface area contributed by atoms with E-state index < -0.39 is 11.7 Å². The molecule has 31 heavy (non-hydrogen) atoms. The maximum Gasteiger partial charge on any atom is 0.416 e. The number of pyridine rings is 1. The fourth-order valence-electron chi connectivity index (χ4n) is 3.19. The fraction of sp³-hybridized carbons (Fsp3) is 0.125. The van der Waals surface area contributed by atoms with Crippen molar-refractivity contribution in [2.24, 2.45) is 0 Å². The molecule has 4 aromatic rings. The number of hydrogen-bond donors (Lipinski definition) is 1. The molecule has 0 aliphatic heterocycles. The summed E-state index contributed by atoms with van der Waals surface area (Å²) in [6.45, 7) is 1.99. The van der Waals surface area contributed by atoms with Crippen LogP contribution < -0.4 is 5.32 Å². The van der Waals surface area contributed by atoms with Gasteiger partial charge < -0.3 is 5.32 Å². The number of hydrogen-bond acceptors (Lipinski definition) is 4. The fourth-order valence-corrected chi connectivity index (χ4v) is 3.19. The molecule has 2 heterocycles. The molecule has 156 valence electrons. The molecule has 0 radical (unpaired) electrons. The Hall–Kier alpha value is -3.74. The van der Waals surface area contributed by atoms with Crippen LogP contribution in [0.15, 0.2) is 85.2 Å². The van der Waals surface area contributed by atoms with Crippen LogP contribution in [0.1, 0.15) is 24.1 Å². The molecule has 4 rings (SSSR count). The maximum atomic E-state index is 13.2. The van der Waals surface area contributed by atoms with Gasteiger partial charge in [-0.2, -0.15) is 13.2 Å². The van der Waals surface area contributed by atoms with Gasteiger partial charge in [0.25, 0.3) is 0 Å². The van der Waals surface area contributed by atoms with Crippen LogP contribution in [0.2, 0.25) is 0 Å². The summed E-state index contributed by atoms with van der Waals surface area (Å²) < 4.78 is 39.6. The molecule has 1 N–H and O–H groups in total. The number of nitrogens with zero attached hydrogens (tertiary/aromatic N) is 3. The van der Waals surface area contributed by atoms with Gasteiger partial charge in [0.2, 0.25) is 0 Å². The first kappa shape index (κ1) is 20.5. The molecule has 0 saturated heterocycles. The second-order valence-electron chi connectivity index (χ2n) is 7.06. The van der Waals surface area contributed by atoms with Crippen LogP contribution in [0.25, 0.3) is 22.6 Å². The van der Waals surface area contributed by atoms with Gasteiger partial charge in [0, 0.05) is 35.6 Å². The molecule has 2 aromatic heterocycles. The van der Waals surface area contributed by atoms with Crippen LogP contribution in [0.4, 0.5) is 19.0 Å². The van der Waals surface area contributed by atoms with Crippen molar-refractivity contribution in [2.45, 2.75) is 19.1 Å². The smallest absolute Gasteiger partial charge is 0.363 e. The Morgan fingerprint density at radius 2 is 1.61 bits per heavy atom. The van der Waals surface area contributed by atoms with E-state index in [4.69, 9.17) is 0 Å². The molecule has 4 nitrogen and oxygen atoms in total. The van der Waals surface area contributed by atoms with Gasteiger partial charge in [0.05, 0.1) is 11.3 Å². The molecule has 1 unspecified atom stereocenters. The molecular formula is C24H19F3N4. The Labute approximate surface area is 177 Å². The van der Waals surface area contributed by atoms with Crippen LogP contribution in [-0.4, -0.2) is 15.0 Å². The average molecular weight is 420 g/mol. The van der Waals surface area contributed by atoms with Crippen molar-refractivity contribution in [2.75, 3.05) is 5.32 Å². The van der Waals surface area contributed by atoms with Gasteiger partial charge in [-0.15, -0.1) is 0 Å². The van der Waals surface area contributed by atoms with Gasteiger partial charge in [-0.1, -0.05) is 42.5 Å². The monoisotopic (exact) mass is 420 g/mol. The van der Waals surface area contributed by atoms with Gasteiger partial charge in [-0.05, 0) is 36.8 Å². The second kappa shape index (κ2) is 8.55. The second-order valence-corrected chi connectivity index (χ2v) is 7.06. The summed E-state index contributed by atoms with van der Waals surface area (Å²) in [7, 11) is 0. The van der Waals surface area contributed by atoms with Crippen molar-refractivity contribution < 1.29 is 13.2 Å². The van der Waals surface area contributed by atoms with E-state index in [9.17, 15) is 13.2 Å². The lowest BCUT2D eigenvalue weighted by atomic mass is 10.1. The number of rotatable bonds is 5. The predicted octanol–water partition coefficient (Wildman–Crippen LogP) is 6.40. The minimum Gasteiger partial charge on any atom is -0.363 e. The highest BCUT2D eigenvalue weighted by atomic mass is 19.4. The van der Waals surface area contributed by atoms with Crippen molar-refractivity contribution in [3.8, 4) is 22.6 Å². The zero-order valence-corrected chi connectivity index (χ0v) is 16.6. The van der Waals surface area contributed by atoms with Gasteiger partial charge in [-0.3, -0.25) is 4.98 Å². The molecule has 0 amide bonds. The lowest BCUT2D eigenvalue weighted by Gasteiger charge is -2.17. The zero-order valence-electron chi connectivity index (χ0n) is 16.6. The molecule has 7 heteroatoms. The number of alkyl halides is 3. The molecule has 0 bridgehead atoms. The predicted molar refractivity (Wildman–Crippen MR) is 114 cm³/mol. The summed E-state index contributed by atoms with van der Waals surface area (Å²) in [6, 6.07) is 20.1. The lowest BCUT2D eigenvalue weighted by Crippen LogP contribution is -2.09. The Kier molecular flexibility index (Phi) is 5.66. The highest BCUT2D eigenvalue weighted by Gasteiger charge is 2.30. The van der Waals surface area contributed by atoms with Crippen LogP contribution >= 0.6 is 0 Å². The highest BCUT2D eigenvalue weighted by molar-refractivity contribution is 5.68. The van der Waals surface area contributed by atoms with Crippen LogP contribution in [0.5, 0.6) is 0 Å². The maximum absolute atomic E-state index is 13.2. The summed E-state index contributed by atoms with van der Waals surface area (Å²) in [6.07, 6.45) is -1.18. The normalized spacial score (nSPS) is 12.4. The summed E-state index contributed by atoms with van der Waals surface area (Å²) in [4.78, 5) is 13.2. The van der Waals surface area contributed by atoms with Gasteiger partial charge in [0.1, 0.15) is 5.82 Å². The quantitative estimate of drug-likeness (QED) is 0.406. The summed E-state index contributed by atoms with van der Waals surface area (Å²) >= 11 is 0. The third-order valence-electron chi connectivity index (χ3n) is 4.80. The molecule has 0 fully saturated rings. The van der Waals surface area contributed by atoms with Gasteiger partial charge in [0.15, 0.2) is 5.82 Å². The summed E-state index contributed by atoms with van der Waals surface area (Å²) in [5.74, 6) is 0.892. The van der Waals surface area contributed by atoms with Crippen molar-refractivity contribution in [1.29, 1.82) is 0 Å². The van der Waals surface area contributed by atoms with E-state index >= 15 is 0 Å². The van der Waals surface area contributed by atoms with E-state index in [1.165, 1.54) is 6.07 Å². The van der Waals surface area contributed by atoms with Crippen molar-refractivity contribution in [1.82, 2.24) is 15.0 Å². The van der Waals surface area contributed by atoms with E-state index in [-0.39, 0.29) is 6.04 Å². The number of nitrogens with one attached hydrogen (secondary N) is 1. The Morgan fingerprint density at radius 1 is 0.839 bits per heavy atom. The van der Waals surface area contributed by atoms with E-state index in [0.717, 1.165) is 17.7 Å². The number of anilines is 1. The van der Waals surface area contributed by atoms with Crippen molar-refractivity contribution >= 4 is 5.82 Å². The lowest BCUT2D eigenvalue weighted by molar-refractivity contribution is -0.137. The number of halogens is 3. The molecule has 2 aromatic carbocycles. The largest absolute Gasteiger partial charge is 0.416 e. The highest BCUT2D eigenvalue weighted by Crippen LogP contribution is 2.33. The first-order valence-electron chi connectivity index (χ1n) is 9.69. The third-order valence-corrected chi connectivity index (χ3v) is 4.80. The average Bonchev–Trinajstić information content (AvgIpc) is 2.79. The molecule has 0 aliphatic rings. The molecular weight excluding hydrogens is 401 g/mol. The number of benzene rings is 2. The Bertz CT molecular complexity index is 1160. The Morgan fingerprint density at radius 3 is 2.32 bits per heavy atom. The van der Waals surface area contributed by atoms with Crippen LogP contribution in [0, 0.1) is 0 Å². The topological polar surface area (TPSA) is 50.7 Å². The zero-order chi connectivity index (χ0) is 21.8. The molecule has 0 aliphatic carbocycles. The minimum absolute atomic E-state index is 0.0628. The summed E-state index contributed by atoms with van der Waals surface area (Å²) in [5.41, 5.74) is 1.76. The van der Waals surface area contributed by atoms with Crippen LogP contribution in [-0.2, 0) is 6.18 Å². The molecule has 0 saturated carbocycles. The SMILES string of the molecule is CC(Nc1cc(-c2cccc(C(F)(F)F)c2)nc(-c2cccnc2)n1)c1ccccc1. The van der Waals surface area contributed by atoms with Crippen molar-refractivity contribution in [3.05, 3.63) is 96.3 Å². The van der Waals surface area contributed by atoms with E-state index in [2.05, 4.69) is 20.3 Å². The van der Waals surface area contributed by atoms with Gasteiger partial charge in [-0.25, -0.2) is 9.97 Å². The summed E-state index contributed by atoms with van der Waals surface area (Å²) in [5, 5.41) is 3.33. The van der Waals surface area contributed by atoms with Crippen molar-refractivity contribution in [3.63, 3.8) is 0 Å². The standard InChI is InChI=1S/C24H19F3N4/c1-16(17-7-3-2-4-8-17)29-22-14-21(18-9-5-11-20(13-18)24(25,26)27)30-23(31-22)19-10-6-12-28-15-19/h2-16H,1H3,(H,29,30,31). The minimum atomic E-state index is -4.43. The van der Waals surface area contributed by atoms with E-state index in [1.54, 1.807) is 30.6 Å². The number of aromatic nitrogens is 3. The van der Waals surface area contributed by atoms with Gasteiger partial charge >= 0.3 is 6.18 Å². The third kappa shape index (κ3) is 4.88. The molecule has 1 atom stereocenters. The first-order chi connectivity index (χ1) is 14.9. The van der Waals surface area contributed by atoms with Crippen LogP contribution in [0.3, 0.4) is 0 Å². The first-order valence-corrected chi connectivity index (χ1v) is 9.69. The van der Waals surface area contributed by atoms with E-state index in [0.29, 0.717) is 28.5 Å². The molecule has 0 spiro atoms. The van der Waals surface area contributed by atoms with E-state index in [1.807, 2.05) is 43.3 Å².